The van der Waals surface area contributed by atoms with Crippen molar-refractivity contribution in [3.05, 3.63) is 0 Å². The Bertz CT molecular complexity index is 126. The van der Waals surface area contributed by atoms with E-state index in [1.807, 2.05) is 0 Å². The Morgan fingerprint density at radius 2 is 2.22 bits per heavy atom. The van der Waals surface area contributed by atoms with E-state index >= 15 is 0 Å². The van der Waals surface area contributed by atoms with Gasteiger partial charge in [-0.25, -0.2) is 4.21 Å². The molecule has 1 atom stereocenters. The van der Waals surface area contributed by atoms with Gasteiger partial charge in [-0.2, -0.15) is 0 Å². The fourth-order valence-corrected chi connectivity index (χ4v) is 1.23. The number of hydrazine groups is 1. The summed E-state index contributed by atoms with van der Waals surface area (Å²) >= 11 is -1.98. The van der Waals surface area contributed by atoms with Crippen molar-refractivity contribution >= 4 is 11.3 Å². The maximum Gasteiger partial charge on any atom is 0.248 e. The topological polar surface area (TPSA) is 66.6 Å². The lowest BCUT2D eigenvalue weighted by molar-refractivity contribution is 0.219. The highest BCUT2D eigenvalue weighted by molar-refractivity contribution is 7.76. The van der Waals surface area contributed by atoms with E-state index < -0.39 is 11.3 Å². The largest absolute Gasteiger partial charge is 0.293 e. The van der Waals surface area contributed by atoms with Crippen LogP contribution in [0.25, 0.3) is 0 Å². The first-order valence-corrected chi connectivity index (χ1v) is 3.93. The third kappa shape index (κ3) is 1.48. The normalized spacial score (nSPS) is 23.9. The van der Waals surface area contributed by atoms with Crippen molar-refractivity contribution in [2.45, 2.75) is 25.3 Å². The van der Waals surface area contributed by atoms with Gasteiger partial charge in [0.2, 0.25) is 11.3 Å². The second kappa shape index (κ2) is 2.74. The fraction of sp³-hybridized carbons (Fsp3) is 1.00. The molecule has 1 aliphatic carbocycles. The number of hydrogen-bond acceptors (Lipinski definition) is 2. The van der Waals surface area contributed by atoms with Crippen molar-refractivity contribution in [3.63, 3.8) is 0 Å². The van der Waals surface area contributed by atoms with Crippen LogP contribution in [0.3, 0.4) is 0 Å². The first-order valence-electron chi connectivity index (χ1n) is 2.86. The molecule has 1 fully saturated rings. The molecule has 0 aliphatic heterocycles. The lowest BCUT2D eigenvalue weighted by atomic mass is 9.94. The van der Waals surface area contributed by atoms with Gasteiger partial charge in [-0.15, -0.1) is 4.41 Å². The van der Waals surface area contributed by atoms with Gasteiger partial charge in [0, 0.05) is 6.04 Å². The number of hydrogen-bond donors (Lipinski definition) is 2. The minimum atomic E-state index is -1.98. The molecule has 3 N–H and O–H groups in total. The van der Waals surface area contributed by atoms with Gasteiger partial charge in [-0.05, 0) is 12.8 Å². The monoisotopic (exact) mass is 150 g/mol. The molecule has 0 aromatic rings. The first kappa shape index (κ1) is 7.14. The number of nitrogens with two attached hydrogens (primary N) is 1. The van der Waals surface area contributed by atoms with E-state index in [4.69, 9.17) is 10.4 Å². The molecule has 1 aliphatic rings. The molecule has 0 aromatic carbocycles. The second-order valence-corrected chi connectivity index (χ2v) is 3.06. The summed E-state index contributed by atoms with van der Waals surface area (Å²) < 4.78 is 19.7. The molecule has 0 saturated heterocycles. The van der Waals surface area contributed by atoms with E-state index in [0.29, 0.717) is 0 Å². The van der Waals surface area contributed by atoms with Gasteiger partial charge in [-0.1, -0.05) is 6.42 Å². The molecule has 5 heteroatoms. The number of rotatable bonds is 2. The maximum absolute atomic E-state index is 10.2. The zero-order chi connectivity index (χ0) is 6.85. The van der Waals surface area contributed by atoms with Crippen LogP contribution in [0.15, 0.2) is 0 Å². The summed E-state index contributed by atoms with van der Waals surface area (Å²) in [7, 11) is 0. The van der Waals surface area contributed by atoms with Crippen LogP contribution in [0.1, 0.15) is 19.3 Å². The summed E-state index contributed by atoms with van der Waals surface area (Å²) in [5.74, 6) is 5.20. The average Bonchev–Trinajstić information content (AvgIpc) is 1.60. The van der Waals surface area contributed by atoms with Crippen molar-refractivity contribution in [3.8, 4) is 0 Å². The molecular weight excluding hydrogens is 140 g/mol. The summed E-state index contributed by atoms with van der Waals surface area (Å²) in [6.07, 6.45) is 3.02. The Balaban J connectivity index is 2.32. The van der Waals surface area contributed by atoms with Crippen molar-refractivity contribution in [1.29, 1.82) is 0 Å². The standard InChI is InChI=1S/C4H10N2O2S/c5-6(9(7)8)4-2-1-3-4/h4H,1-3,5H2,(H,7,8). The molecule has 54 valence electrons. The summed E-state index contributed by atoms with van der Waals surface area (Å²) in [6.45, 7) is 0. The van der Waals surface area contributed by atoms with E-state index in [-0.39, 0.29) is 6.04 Å². The summed E-state index contributed by atoms with van der Waals surface area (Å²) in [5.41, 5.74) is 0. The summed E-state index contributed by atoms with van der Waals surface area (Å²) in [4.78, 5) is 0. The zero-order valence-electron chi connectivity index (χ0n) is 4.99. The van der Waals surface area contributed by atoms with Gasteiger partial charge >= 0.3 is 0 Å². The SMILES string of the molecule is NN(C1CCC1)S(=O)O. The van der Waals surface area contributed by atoms with Crippen LogP contribution >= 0.6 is 0 Å². The van der Waals surface area contributed by atoms with Crippen molar-refractivity contribution < 1.29 is 8.76 Å². The van der Waals surface area contributed by atoms with Crippen molar-refractivity contribution in [2.24, 2.45) is 5.84 Å². The van der Waals surface area contributed by atoms with Gasteiger partial charge in [0.15, 0.2) is 0 Å². The highest BCUT2D eigenvalue weighted by Gasteiger charge is 2.25. The highest BCUT2D eigenvalue weighted by Crippen LogP contribution is 2.22. The molecule has 0 radical (unpaired) electrons. The first-order chi connectivity index (χ1) is 4.22. The predicted molar refractivity (Wildman–Crippen MR) is 34.4 cm³/mol. The molecular formula is C4H10N2O2S. The number of nitrogens with zero attached hydrogens (tertiary/aromatic N) is 1. The quantitative estimate of drug-likeness (QED) is 0.327. The van der Waals surface area contributed by atoms with Gasteiger partial charge in [0.1, 0.15) is 0 Å². The van der Waals surface area contributed by atoms with Gasteiger partial charge in [-0.3, -0.25) is 10.4 Å². The van der Waals surface area contributed by atoms with Crippen LogP contribution in [0.2, 0.25) is 0 Å². The Kier molecular flexibility index (Phi) is 2.18. The van der Waals surface area contributed by atoms with Crippen molar-refractivity contribution in [1.82, 2.24) is 4.41 Å². The average molecular weight is 150 g/mol. The van der Waals surface area contributed by atoms with E-state index in [1.54, 1.807) is 0 Å². The van der Waals surface area contributed by atoms with Crippen LogP contribution in [-0.4, -0.2) is 19.2 Å². The third-order valence-corrected chi connectivity index (χ3v) is 2.27. The highest BCUT2D eigenvalue weighted by atomic mass is 32.2. The summed E-state index contributed by atoms with van der Waals surface area (Å²) in [5, 5.41) is 0. The molecule has 1 unspecified atom stereocenters. The smallest absolute Gasteiger partial charge is 0.248 e. The van der Waals surface area contributed by atoms with Gasteiger partial charge in [0.05, 0.1) is 0 Å². The van der Waals surface area contributed by atoms with E-state index in [0.717, 1.165) is 23.7 Å². The molecule has 0 aromatic heterocycles. The molecule has 0 bridgehead atoms. The lowest BCUT2D eigenvalue weighted by Crippen LogP contribution is -2.45. The molecule has 9 heavy (non-hydrogen) atoms. The Labute approximate surface area is 56.4 Å². The van der Waals surface area contributed by atoms with Gasteiger partial charge < -0.3 is 0 Å². The molecule has 0 amide bonds. The Morgan fingerprint density at radius 3 is 2.33 bits per heavy atom. The van der Waals surface area contributed by atoms with Crippen LogP contribution in [0.4, 0.5) is 0 Å². The van der Waals surface area contributed by atoms with E-state index in [9.17, 15) is 4.21 Å². The molecule has 0 spiro atoms. The fourth-order valence-electron chi connectivity index (χ4n) is 0.769. The Morgan fingerprint density at radius 1 is 1.67 bits per heavy atom. The third-order valence-electron chi connectivity index (χ3n) is 1.61. The van der Waals surface area contributed by atoms with Crippen LogP contribution in [0, 0.1) is 0 Å². The predicted octanol–water partition coefficient (Wildman–Crippen LogP) is -0.149. The van der Waals surface area contributed by atoms with Crippen LogP contribution in [-0.2, 0) is 11.3 Å². The minimum absolute atomic E-state index is 0.135. The molecule has 4 nitrogen and oxygen atoms in total. The van der Waals surface area contributed by atoms with E-state index in [1.165, 1.54) is 0 Å². The molecule has 0 heterocycles. The molecule has 1 rings (SSSR count). The summed E-state index contributed by atoms with van der Waals surface area (Å²) in [6, 6.07) is 0.135. The van der Waals surface area contributed by atoms with Crippen molar-refractivity contribution in [2.75, 3.05) is 0 Å². The maximum atomic E-state index is 10.2. The molecule has 1 saturated carbocycles. The lowest BCUT2D eigenvalue weighted by Gasteiger charge is -2.30. The van der Waals surface area contributed by atoms with Crippen LogP contribution in [0.5, 0.6) is 0 Å². The minimum Gasteiger partial charge on any atom is -0.293 e. The van der Waals surface area contributed by atoms with E-state index in [2.05, 4.69) is 0 Å². The van der Waals surface area contributed by atoms with Crippen LogP contribution < -0.4 is 5.84 Å². The van der Waals surface area contributed by atoms with Gasteiger partial charge in [0.25, 0.3) is 0 Å². The Hall–Kier alpha value is 0.0300. The zero-order valence-corrected chi connectivity index (χ0v) is 5.80. The second-order valence-electron chi connectivity index (χ2n) is 2.18.